The van der Waals surface area contributed by atoms with Crippen LogP contribution in [0.4, 0.5) is 11.6 Å². The number of aromatic nitrogens is 5. The first kappa shape index (κ1) is 21.6. The predicted molar refractivity (Wildman–Crippen MR) is 119 cm³/mol. The zero-order valence-electron chi connectivity index (χ0n) is 18.9. The van der Waals surface area contributed by atoms with Crippen molar-refractivity contribution in [3.05, 3.63) is 24.2 Å². The van der Waals surface area contributed by atoms with Crippen molar-refractivity contribution in [1.29, 1.82) is 5.26 Å². The first-order valence-corrected chi connectivity index (χ1v) is 11.0. The summed E-state index contributed by atoms with van der Waals surface area (Å²) in [7, 11) is 1.66. The average Bonchev–Trinajstić information content (AvgIpc) is 3.47. The summed E-state index contributed by atoms with van der Waals surface area (Å²) in [5.74, 6) is 1.14. The number of hydrogen-bond acceptors (Lipinski definition) is 9. The molecule has 2 unspecified atom stereocenters. The Labute approximate surface area is 191 Å². The summed E-state index contributed by atoms with van der Waals surface area (Å²) in [5, 5.41) is 18.3. The first-order chi connectivity index (χ1) is 16.1. The van der Waals surface area contributed by atoms with Gasteiger partial charge in [-0.2, -0.15) is 10.2 Å². The molecule has 5 rings (SSSR count). The monoisotopic (exact) mass is 453 g/mol. The Bertz CT molecular complexity index is 1180. The van der Waals surface area contributed by atoms with Crippen molar-refractivity contribution in [2.24, 2.45) is 5.92 Å². The lowest BCUT2D eigenvalue weighted by Crippen LogP contribution is -2.38. The van der Waals surface area contributed by atoms with E-state index in [4.69, 9.17) is 23.9 Å². The third-order valence-corrected chi connectivity index (χ3v) is 6.04. The quantitative estimate of drug-likeness (QED) is 0.548. The lowest BCUT2D eigenvalue weighted by molar-refractivity contribution is -0.0813. The van der Waals surface area contributed by atoms with E-state index in [9.17, 15) is 5.26 Å². The molecule has 0 spiro atoms. The third-order valence-electron chi connectivity index (χ3n) is 6.04. The van der Waals surface area contributed by atoms with Gasteiger partial charge in [0.05, 0.1) is 51.3 Å². The minimum absolute atomic E-state index is 0.0215. The molecule has 0 amide bonds. The maximum atomic E-state index is 9.69. The molecule has 33 heavy (non-hydrogen) atoms. The van der Waals surface area contributed by atoms with E-state index in [1.165, 1.54) is 0 Å². The first-order valence-electron chi connectivity index (χ1n) is 11.0. The van der Waals surface area contributed by atoms with E-state index >= 15 is 0 Å². The van der Waals surface area contributed by atoms with E-state index in [0.717, 1.165) is 5.39 Å². The minimum atomic E-state index is -0.0331. The van der Waals surface area contributed by atoms with Crippen LogP contribution < -0.4 is 10.1 Å². The molecule has 0 radical (unpaired) electrons. The molecule has 174 valence electrons. The topological polar surface area (TPSA) is 121 Å². The van der Waals surface area contributed by atoms with Gasteiger partial charge in [0.25, 0.3) is 5.88 Å². The molecular formula is C22H27N7O4. The molecule has 2 aliphatic rings. The second-order valence-electron chi connectivity index (χ2n) is 8.60. The van der Waals surface area contributed by atoms with Crippen LogP contribution in [-0.2, 0) is 14.2 Å². The Morgan fingerprint density at radius 3 is 2.79 bits per heavy atom. The zero-order chi connectivity index (χ0) is 22.9. The number of anilines is 2. The van der Waals surface area contributed by atoms with Gasteiger partial charge in [0.1, 0.15) is 29.2 Å². The van der Waals surface area contributed by atoms with Gasteiger partial charge >= 0.3 is 0 Å². The SMILES string of the molecule is COCC(C)n1cc(Nc2ncc3cc(C#N)n([C@H]4COCC4C)c3n2)c(OC2COC2)n1. The van der Waals surface area contributed by atoms with Crippen molar-refractivity contribution in [3.8, 4) is 11.9 Å². The molecule has 2 aliphatic heterocycles. The second-order valence-corrected chi connectivity index (χ2v) is 8.60. The lowest BCUT2D eigenvalue weighted by Gasteiger charge is -2.26. The molecule has 3 atom stereocenters. The number of fused-ring (bicyclic) bond motifs is 1. The van der Waals surface area contributed by atoms with Gasteiger partial charge in [-0.1, -0.05) is 6.92 Å². The number of rotatable bonds is 8. The lowest BCUT2D eigenvalue weighted by atomic mass is 10.1. The molecule has 11 heteroatoms. The smallest absolute Gasteiger partial charge is 0.257 e. The summed E-state index contributed by atoms with van der Waals surface area (Å²) in [4.78, 5) is 9.22. The standard InChI is InChI=1S/C22H27N7O4/c1-13-8-31-12-19(13)29-16(5-23)4-15-6-24-22(26-20(15)29)25-18-7-28(14(2)9-30-3)27-21(18)33-17-10-32-11-17/h4,6-7,13-14,17,19H,8-12H2,1-3H3,(H,24,25,26)/t13?,14?,19-/m0/s1. The van der Waals surface area contributed by atoms with Gasteiger partial charge in [-0.25, -0.2) is 4.98 Å². The highest BCUT2D eigenvalue weighted by molar-refractivity contribution is 5.79. The maximum absolute atomic E-state index is 9.69. The van der Waals surface area contributed by atoms with Crippen molar-refractivity contribution < 1.29 is 18.9 Å². The van der Waals surface area contributed by atoms with Crippen LogP contribution >= 0.6 is 0 Å². The molecule has 2 fully saturated rings. The summed E-state index contributed by atoms with van der Waals surface area (Å²) in [5.41, 5.74) is 1.90. The highest BCUT2D eigenvalue weighted by atomic mass is 16.6. The Morgan fingerprint density at radius 2 is 2.12 bits per heavy atom. The van der Waals surface area contributed by atoms with E-state index in [1.54, 1.807) is 18.0 Å². The van der Waals surface area contributed by atoms with Crippen LogP contribution in [0.2, 0.25) is 0 Å². The van der Waals surface area contributed by atoms with E-state index < -0.39 is 0 Å². The Kier molecular flexibility index (Phi) is 5.88. The van der Waals surface area contributed by atoms with Crippen molar-refractivity contribution in [2.75, 3.05) is 45.5 Å². The van der Waals surface area contributed by atoms with Crippen LogP contribution in [0, 0.1) is 17.2 Å². The van der Waals surface area contributed by atoms with Crippen LogP contribution in [-0.4, -0.2) is 70.6 Å². The molecule has 1 N–H and O–H groups in total. The van der Waals surface area contributed by atoms with Gasteiger partial charge in [0.2, 0.25) is 5.95 Å². The van der Waals surface area contributed by atoms with Crippen LogP contribution in [0.15, 0.2) is 18.5 Å². The predicted octanol–water partition coefficient (Wildman–Crippen LogP) is 2.44. The Hall–Kier alpha value is -3.20. The highest BCUT2D eigenvalue weighted by Gasteiger charge is 2.30. The van der Waals surface area contributed by atoms with Crippen molar-refractivity contribution >= 4 is 22.7 Å². The molecular weight excluding hydrogens is 426 g/mol. The van der Waals surface area contributed by atoms with Gasteiger partial charge in [-0.15, -0.1) is 5.10 Å². The normalized spacial score (nSPS) is 21.6. The fourth-order valence-electron chi connectivity index (χ4n) is 4.12. The number of methoxy groups -OCH3 is 1. The molecule has 11 nitrogen and oxygen atoms in total. The number of nitrogens with zero attached hydrogens (tertiary/aromatic N) is 6. The molecule has 0 bridgehead atoms. The fraction of sp³-hybridized carbons (Fsp3) is 0.545. The largest absolute Gasteiger partial charge is 0.467 e. The van der Waals surface area contributed by atoms with Gasteiger partial charge in [-0.05, 0) is 13.0 Å². The summed E-state index contributed by atoms with van der Waals surface area (Å²) < 4.78 is 25.9. The van der Waals surface area contributed by atoms with E-state index in [2.05, 4.69) is 28.4 Å². The van der Waals surface area contributed by atoms with Crippen LogP contribution in [0.25, 0.3) is 11.0 Å². The van der Waals surface area contributed by atoms with E-state index in [1.807, 2.05) is 23.8 Å². The molecule has 0 saturated carbocycles. The molecule has 0 aromatic carbocycles. The van der Waals surface area contributed by atoms with Gasteiger partial charge in [0, 0.05) is 24.6 Å². The number of hydrogen-bond donors (Lipinski definition) is 1. The number of nitrogens with one attached hydrogen (secondary N) is 1. The van der Waals surface area contributed by atoms with Crippen molar-refractivity contribution in [3.63, 3.8) is 0 Å². The zero-order valence-corrected chi connectivity index (χ0v) is 18.9. The van der Waals surface area contributed by atoms with Gasteiger partial charge < -0.3 is 28.8 Å². The number of nitriles is 1. The van der Waals surface area contributed by atoms with Crippen LogP contribution in [0.1, 0.15) is 31.6 Å². The van der Waals surface area contributed by atoms with Gasteiger partial charge in [0.15, 0.2) is 0 Å². The van der Waals surface area contributed by atoms with Crippen LogP contribution in [0.3, 0.4) is 0 Å². The Balaban J connectivity index is 1.49. The molecule has 2 saturated heterocycles. The Morgan fingerprint density at radius 1 is 1.30 bits per heavy atom. The molecule has 3 aromatic heterocycles. The van der Waals surface area contributed by atoms with Crippen LogP contribution in [0.5, 0.6) is 5.88 Å². The summed E-state index contributed by atoms with van der Waals surface area (Å²) in [6, 6.07) is 4.18. The maximum Gasteiger partial charge on any atom is 0.257 e. The summed E-state index contributed by atoms with van der Waals surface area (Å²) in [6.45, 7) is 6.94. The summed E-state index contributed by atoms with van der Waals surface area (Å²) in [6.07, 6.45) is 3.55. The van der Waals surface area contributed by atoms with Crippen molar-refractivity contribution in [2.45, 2.75) is 32.0 Å². The van der Waals surface area contributed by atoms with E-state index in [-0.39, 0.29) is 24.1 Å². The van der Waals surface area contributed by atoms with Gasteiger partial charge in [-0.3, -0.25) is 4.68 Å². The third kappa shape index (κ3) is 4.13. The molecule has 3 aromatic rings. The highest BCUT2D eigenvalue weighted by Crippen LogP contribution is 2.33. The fourth-order valence-corrected chi connectivity index (χ4v) is 4.12. The molecule has 5 heterocycles. The molecule has 0 aliphatic carbocycles. The number of ether oxygens (including phenoxy) is 4. The second kappa shape index (κ2) is 8.97. The van der Waals surface area contributed by atoms with Crippen molar-refractivity contribution in [1.82, 2.24) is 24.3 Å². The average molecular weight is 454 g/mol. The minimum Gasteiger partial charge on any atom is -0.467 e. The summed E-state index contributed by atoms with van der Waals surface area (Å²) >= 11 is 0. The van der Waals surface area contributed by atoms with E-state index in [0.29, 0.717) is 61.9 Å².